The molecule has 0 aliphatic heterocycles. The van der Waals surface area contributed by atoms with E-state index in [1.54, 1.807) is 11.3 Å². The van der Waals surface area contributed by atoms with Crippen molar-refractivity contribution >= 4 is 17.3 Å². The van der Waals surface area contributed by atoms with Gasteiger partial charge in [-0.1, -0.05) is 33.3 Å². The molecule has 0 amide bonds. The van der Waals surface area contributed by atoms with Crippen LogP contribution in [0.5, 0.6) is 0 Å². The first-order chi connectivity index (χ1) is 9.83. The lowest BCUT2D eigenvalue weighted by Crippen LogP contribution is -2.51. The Kier molecular flexibility index (Phi) is 5.10. The fraction of sp³-hybridized carbons (Fsp3) is 0.706. The fourth-order valence-corrected chi connectivity index (χ4v) is 3.99. The minimum Gasteiger partial charge on any atom is -0.480 e. The second-order valence-electron chi connectivity index (χ2n) is 7.31. The van der Waals surface area contributed by atoms with Gasteiger partial charge in [-0.05, 0) is 48.5 Å². The first-order valence-electron chi connectivity index (χ1n) is 7.84. The quantitative estimate of drug-likeness (QED) is 0.816. The third-order valence-corrected chi connectivity index (χ3v) is 5.77. The summed E-state index contributed by atoms with van der Waals surface area (Å²) in [7, 11) is 0. The molecule has 0 radical (unpaired) electrons. The van der Waals surface area contributed by atoms with Crippen LogP contribution in [0.2, 0.25) is 0 Å². The Balaban J connectivity index is 2.06. The number of thiophene rings is 1. The number of nitrogens with one attached hydrogen (secondary N) is 1. The van der Waals surface area contributed by atoms with E-state index in [1.165, 1.54) is 4.88 Å². The maximum absolute atomic E-state index is 11.9. The van der Waals surface area contributed by atoms with Crippen LogP contribution >= 0.6 is 11.3 Å². The second-order valence-corrected chi connectivity index (χ2v) is 8.35. The third-order valence-electron chi connectivity index (χ3n) is 4.89. The highest BCUT2D eigenvalue weighted by atomic mass is 32.1. The van der Waals surface area contributed by atoms with Crippen LogP contribution in [-0.2, 0) is 11.3 Å². The molecule has 0 bridgehead atoms. The van der Waals surface area contributed by atoms with E-state index in [4.69, 9.17) is 0 Å². The molecule has 2 N–H and O–H groups in total. The average molecular weight is 309 g/mol. The Hall–Kier alpha value is -0.870. The van der Waals surface area contributed by atoms with E-state index in [1.807, 2.05) is 11.4 Å². The summed E-state index contributed by atoms with van der Waals surface area (Å²) >= 11 is 1.68. The van der Waals surface area contributed by atoms with Gasteiger partial charge in [0.2, 0.25) is 0 Å². The summed E-state index contributed by atoms with van der Waals surface area (Å²) in [4.78, 5) is 13.1. The molecular formula is C17H27NO2S. The number of carboxylic acid groups (broad SMARTS) is 1. The number of aliphatic carboxylic acids is 1. The van der Waals surface area contributed by atoms with Gasteiger partial charge < -0.3 is 5.11 Å². The van der Waals surface area contributed by atoms with Crippen LogP contribution in [0, 0.1) is 11.3 Å². The van der Waals surface area contributed by atoms with Gasteiger partial charge in [-0.2, -0.15) is 0 Å². The highest BCUT2D eigenvalue weighted by Gasteiger charge is 2.41. The van der Waals surface area contributed by atoms with Crippen molar-refractivity contribution in [3.8, 4) is 0 Å². The third kappa shape index (κ3) is 4.07. The van der Waals surface area contributed by atoms with Crippen LogP contribution in [0.4, 0.5) is 0 Å². The monoisotopic (exact) mass is 309 g/mol. The van der Waals surface area contributed by atoms with Crippen LogP contribution in [0.1, 0.15) is 57.8 Å². The normalized spacial score (nSPS) is 27.3. The Labute approximate surface area is 131 Å². The van der Waals surface area contributed by atoms with E-state index in [2.05, 4.69) is 32.2 Å². The number of carboxylic acids is 1. The molecule has 1 heterocycles. The number of rotatable bonds is 4. The molecule has 21 heavy (non-hydrogen) atoms. The highest BCUT2D eigenvalue weighted by molar-refractivity contribution is 7.09. The zero-order chi connectivity index (χ0) is 15.5. The SMILES string of the molecule is CC(C)(C)C1CCCC(NCc2cccs2)(C(=O)O)CC1. The molecule has 1 saturated carbocycles. The van der Waals surface area contributed by atoms with Crippen molar-refractivity contribution in [2.75, 3.05) is 0 Å². The molecule has 0 aromatic carbocycles. The molecule has 3 nitrogen and oxygen atoms in total. The van der Waals surface area contributed by atoms with Gasteiger partial charge in [0.1, 0.15) is 5.54 Å². The smallest absolute Gasteiger partial charge is 0.323 e. The molecule has 2 atom stereocenters. The Morgan fingerprint density at radius 2 is 2.19 bits per heavy atom. The Bertz CT molecular complexity index is 464. The molecule has 118 valence electrons. The van der Waals surface area contributed by atoms with Crippen molar-refractivity contribution in [1.82, 2.24) is 5.32 Å². The predicted octanol–water partition coefficient (Wildman–Crippen LogP) is 4.29. The van der Waals surface area contributed by atoms with Crippen LogP contribution in [0.15, 0.2) is 17.5 Å². The van der Waals surface area contributed by atoms with Crippen molar-refractivity contribution in [3.05, 3.63) is 22.4 Å². The van der Waals surface area contributed by atoms with E-state index in [9.17, 15) is 9.90 Å². The summed E-state index contributed by atoms with van der Waals surface area (Å²) in [6.45, 7) is 7.46. The summed E-state index contributed by atoms with van der Waals surface area (Å²) < 4.78 is 0. The number of hydrogen-bond donors (Lipinski definition) is 2. The van der Waals surface area contributed by atoms with Crippen molar-refractivity contribution in [3.63, 3.8) is 0 Å². The highest BCUT2D eigenvalue weighted by Crippen LogP contribution is 2.40. The van der Waals surface area contributed by atoms with Crippen molar-refractivity contribution in [1.29, 1.82) is 0 Å². The molecule has 1 aromatic heterocycles. The zero-order valence-corrected chi connectivity index (χ0v) is 14.1. The van der Waals surface area contributed by atoms with Gasteiger partial charge in [-0.3, -0.25) is 10.1 Å². The van der Waals surface area contributed by atoms with Gasteiger partial charge >= 0.3 is 5.97 Å². The van der Waals surface area contributed by atoms with E-state index in [0.717, 1.165) is 32.1 Å². The van der Waals surface area contributed by atoms with Crippen LogP contribution in [0.3, 0.4) is 0 Å². The minimum absolute atomic E-state index is 0.266. The molecule has 2 rings (SSSR count). The molecule has 4 heteroatoms. The largest absolute Gasteiger partial charge is 0.480 e. The molecular weight excluding hydrogens is 282 g/mol. The molecule has 0 spiro atoms. The van der Waals surface area contributed by atoms with Gasteiger partial charge in [0.25, 0.3) is 0 Å². The summed E-state index contributed by atoms with van der Waals surface area (Å²) in [5, 5.41) is 15.2. The zero-order valence-electron chi connectivity index (χ0n) is 13.3. The van der Waals surface area contributed by atoms with Crippen molar-refractivity contribution in [2.45, 2.75) is 65.0 Å². The van der Waals surface area contributed by atoms with Crippen LogP contribution < -0.4 is 5.32 Å². The van der Waals surface area contributed by atoms with Gasteiger partial charge in [0.15, 0.2) is 0 Å². The summed E-state index contributed by atoms with van der Waals surface area (Å²) in [6, 6.07) is 4.07. The lowest BCUT2D eigenvalue weighted by molar-refractivity contribution is -0.145. The van der Waals surface area contributed by atoms with E-state index >= 15 is 0 Å². The molecule has 1 aliphatic rings. The van der Waals surface area contributed by atoms with E-state index < -0.39 is 11.5 Å². The first kappa shape index (κ1) is 16.5. The van der Waals surface area contributed by atoms with Gasteiger partial charge in [0, 0.05) is 11.4 Å². The first-order valence-corrected chi connectivity index (χ1v) is 8.72. The Morgan fingerprint density at radius 3 is 2.76 bits per heavy atom. The number of hydrogen-bond acceptors (Lipinski definition) is 3. The van der Waals surface area contributed by atoms with Crippen molar-refractivity contribution in [2.24, 2.45) is 11.3 Å². The lowest BCUT2D eigenvalue weighted by atomic mass is 9.76. The number of carbonyl (C=O) groups is 1. The maximum Gasteiger partial charge on any atom is 0.323 e. The standard InChI is InChI=1S/C17H27NO2S/c1-16(2,3)13-6-4-9-17(10-8-13,15(19)20)18-12-14-7-5-11-21-14/h5,7,11,13,18H,4,6,8-10,12H2,1-3H3,(H,19,20). The van der Waals surface area contributed by atoms with Crippen LogP contribution in [-0.4, -0.2) is 16.6 Å². The average Bonchev–Trinajstić information content (AvgIpc) is 2.80. The van der Waals surface area contributed by atoms with Gasteiger partial charge in [-0.15, -0.1) is 11.3 Å². The maximum atomic E-state index is 11.9. The molecule has 1 aliphatic carbocycles. The second kappa shape index (κ2) is 6.49. The summed E-state index contributed by atoms with van der Waals surface area (Å²) in [5.41, 5.74) is -0.480. The molecule has 2 unspecified atom stereocenters. The topological polar surface area (TPSA) is 49.3 Å². The molecule has 1 aromatic rings. The van der Waals surface area contributed by atoms with Gasteiger partial charge in [0.05, 0.1) is 0 Å². The summed E-state index contributed by atoms with van der Waals surface area (Å²) in [6.07, 6.45) is 4.59. The summed E-state index contributed by atoms with van der Waals surface area (Å²) in [5.74, 6) is -0.0733. The lowest BCUT2D eigenvalue weighted by Gasteiger charge is -2.32. The predicted molar refractivity (Wildman–Crippen MR) is 87.6 cm³/mol. The van der Waals surface area contributed by atoms with Crippen LogP contribution in [0.25, 0.3) is 0 Å². The molecule has 0 saturated heterocycles. The van der Waals surface area contributed by atoms with E-state index in [0.29, 0.717) is 12.5 Å². The molecule has 1 fully saturated rings. The van der Waals surface area contributed by atoms with Gasteiger partial charge in [-0.25, -0.2) is 0 Å². The van der Waals surface area contributed by atoms with Crippen molar-refractivity contribution < 1.29 is 9.90 Å². The Morgan fingerprint density at radius 1 is 1.43 bits per heavy atom. The van der Waals surface area contributed by atoms with E-state index in [-0.39, 0.29) is 5.41 Å². The minimum atomic E-state index is -0.746. The fourth-order valence-electron chi connectivity index (χ4n) is 3.34.